The van der Waals surface area contributed by atoms with Gasteiger partial charge < -0.3 is 5.11 Å². The van der Waals surface area contributed by atoms with Crippen molar-refractivity contribution in [3.8, 4) is 67.3 Å². The Kier molecular flexibility index (Phi) is 11.7. The van der Waals surface area contributed by atoms with E-state index in [0.29, 0.717) is 11.4 Å². The van der Waals surface area contributed by atoms with Gasteiger partial charge in [-0.3, -0.25) is 9.55 Å². The van der Waals surface area contributed by atoms with Crippen molar-refractivity contribution in [3.63, 3.8) is 0 Å². The number of fused-ring (bicyclic) bond motifs is 3. The molecule has 0 radical (unpaired) electrons. The van der Waals surface area contributed by atoms with E-state index in [9.17, 15) is 5.11 Å². The third-order valence-corrected chi connectivity index (χ3v) is 13.1. The molecule has 8 aromatic carbocycles. The van der Waals surface area contributed by atoms with Crippen LogP contribution in [-0.4, -0.2) is 19.6 Å². The standard InChI is InChI=1S/C62H56N3O.Pt/c1-60(2,3)44-25-28-47(29-26-44)65-55-35-43(49-24-16-20-40-19-13-14-23-48(40)49)34-51(58(55)64-59(65)54-36-45(61(4,5)6)27-30-56(54)66)41-21-15-22-42(33-41)52-37-46(62(7,8)9)38-53-50(31-32-63-57(52)53)39-17-11-10-12-18-39;/h10-32,34-38,66H,1-9H3;/q-1;. The number of imidazole rings is 1. The minimum Gasteiger partial charge on any atom is -0.507 e. The molecule has 0 atom stereocenters. The fourth-order valence-corrected chi connectivity index (χ4v) is 9.30. The normalized spacial score (nSPS) is 12.2. The minimum atomic E-state index is -0.152. The van der Waals surface area contributed by atoms with Crippen molar-refractivity contribution in [2.45, 2.75) is 78.6 Å². The Labute approximate surface area is 409 Å². The van der Waals surface area contributed by atoms with Crippen LogP contribution in [0.25, 0.3) is 94.3 Å². The molecule has 0 aliphatic rings. The Balaban J connectivity index is 0.00000562. The summed E-state index contributed by atoms with van der Waals surface area (Å²) in [5, 5.41) is 15.3. The third-order valence-electron chi connectivity index (χ3n) is 13.1. The predicted molar refractivity (Wildman–Crippen MR) is 278 cm³/mol. The summed E-state index contributed by atoms with van der Waals surface area (Å²) in [6.45, 7) is 20.1. The predicted octanol–water partition coefficient (Wildman–Crippen LogP) is 16.5. The number of aromatic nitrogens is 3. The van der Waals surface area contributed by atoms with E-state index in [1.54, 1.807) is 0 Å². The zero-order chi connectivity index (χ0) is 46.1. The van der Waals surface area contributed by atoms with Gasteiger partial charge in [-0.05, 0) is 108 Å². The van der Waals surface area contributed by atoms with Gasteiger partial charge in [0.1, 0.15) is 11.6 Å². The van der Waals surface area contributed by atoms with Crippen LogP contribution in [0.1, 0.15) is 79.0 Å². The van der Waals surface area contributed by atoms with Gasteiger partial charge >= 0.3 is 0 Å². The van der Waals surface area contributed by atoms with E-state index in [4.69, 9.17) is 9.97 Å². The Bertz CT molecular complexity index is 3470. The molecule has 0 saturated carbocycles. The number of hydrogen-bond acceptors (Lipinski definition) is 3. The molecule has 0 amide bonds. The molecule has 0 aliphatic heterocycles. The summed E-state index contributed by atoms with van der Waals surface area (Å²) < 4.78 is 2.24. The number of nitrogens with zero attached hydrogens (tertiary/aromatic N) is 3. The second-order valence-corrected chi connectivity index (χ2v) is 20.8. The number of phenols is 1. The van der Waals surface area contributed by atoms with Crippen LogP contribution < -0.4 is 0 Å². The SMILES string of the molecule is CC(C)(C)c1ccc(-n2c(-c3cc(C(C)(C)C)ccc3O)nc3c(-c4[c-]c(-c5cc(C(C)(C)C)cc6c(-c7ccccc7)ccnc56)ccc4)cc(-c4cccc5ccccc45)cc32)cc1.[Pt]. The average Bonchev–Trinajstić information content (AvgIpc) is 3.69. The maximum Gasteiger partial charge on any atom is 0.148 e. The van der Waals surface area contributed by atoms with Gasteiger partial charge in [0, 0.05) is 43.9 Å². The molecule has 10 aromatic rings. The smallest absolute Gasteiger partial charge is 0.148 e. The van der Waals surface area contributed by atoms with E-state index in [2.05, 4.69) is 225 Å². The van der Waals surface area contributed by atoms with Crippen molar-refractivity contribution in [3.05, 3.63) is 193 Å². The molecule has 5 heteroatoms. The first-order chi connectivity index (χ1) is 31.5. The number of benzene rings is 8. The minimum absolute atomic E-state index is 0. The molecule has 0 aliphatic carbocycles. The average molecular weight is 1050 g/mol. The third kappa shape index (κ3) is 8.53. The summed E-state index contributed by atoms with van der Waals surface area (Å²) in [6.07, 6.45) is 1.93. The molecule has 0 unspecified atom stereocenters. The first kappa shape index (κ1) is 45.5. The molecular weight excluding hydrogens is 998 g/mol. The van der Waals surface area contributed by atoms with Crippen molar-refractivity contribution in [1.82, 2.24) is 14.5 Å². The van der Waals surface area contributed by atoms with Gasteiger partial charge in [0.2, 0.25) is 0 Å². The van der Waals surface area contributed by atoms with Crippen molar-refractivity contribution < 1.29 is 26.2 Å². The van der Waals surface area contributed by atoms with E-state index < -0.39 is 0 Å². The maximum atomic E-state index is 11.8. The first-order valence-corrected chi connectivity index (χ1v) is 23.0. The van der Waals surface area contributed by atoms with Crippen molar-refractivity contribution in [2.75, 3.05) is 0 Å². The molecule has 336 valence electrons. The van der Waals surface area contributed by atoms with Gasteiger partial charge in [0.05, 0.1) is 16.6 Å². The second-order valence-electron chi connectivity index (χ2n) is 20.8. The summed E-state index contributed by atoms with van der Waals surface area (Å²) in [7, 11) is 0. The van der Waals surface area contributed by atoms with E-state index >= 15 is 0 Å². The molecule has 0 fully saturated rings. The molecule has 2 heterocycles. The van der Waals surface area contributed by atoms with Crippen LogP contribution >= 0.6 is 0 Å². The fourth-order valence-electron chi connectivity index (χ4n) is 9.30. The number of phenolic OH excluding ortho intramolecular Hbond substituents is 1. The molecule has 0 bridgehead atoms. The van der Waals surface area contributed by atoms with Crippen LogP contribution in [0.3, 0.4) is 0 Å². The quantitative estimate of drug-likeness (QED) is 0.169. The number of hydrogen-bond donors (Lipinski definition) is 1. The monoisotopic (exact) mass is 1050 g/mol. The van der Waals surface area contributed by atoms with E-state index in [1.807, 2.05) is 18.3 Å². The van der Waals surface area contributed by atoms with E-state index in [1.165, 1.54) is 21.9 Å². The number of pyridine rings is 1. The van der Waals surface area contributed by atoms with Crippen LogP contribution in [0.2, 0.25) is 0 Å². The van der Waals surface area contributed by atoms with Gasteiger partial charge in [0.15, 0.2) is 0 Å². The molecule has 10 rings (SSSR count). The fraction of sp³-hybridized carbons (Fsp3) is 0.194. The Morgan fingerprint density at radius 2 is 1.06 bits per heavy atom. The van der Waals surface area contributed by atoms with Crippen LogP contribution in [-0.2, 0) is 37.3 Å². The van der Waals surface area contributed by atoms with Gasteiger partial charge in [-0.15, -0.1) is 35.4 Å². The summed E-state index contributed by atoms with van der Waals surface area (Å²) in [6, 6.07) is 62.2. The molecule has 0 saturated heterocycles. The van der Waals surface area contributed by atoms with Crippen LogP contribution in [0.5, 0.6) is 5.75 Å². The van der Waals surface area contributed by atoms with Gasteiger partial charge in [0.25, 0.3) is 0 Å². The zero-order valence-electron chi connectivity index (χ0n) is 39.8. The zero-order valence-corrected chi connectivity index (χ0v) is 42.0. The first-order valence-electron chi connectivity index (χ1n) is 23.0. The Morgan fingerprint density at radius 3 is 1.76 bits per heavy atom. The summed E-state index contributed by atoms with van der Waals surface area (Å²) in [4.78, 5) is 10.7. The maximum absolute atomic E-state index is 11.8. The van der Waals surface area contributed by atoms with Gasteiger partial charge in [-0.1, -0.05) is 177 Å². The van der Waals surface area contributed by atoms with Crippen LogP contribution in [0, 0.1) is 6.07 Å². The molecule has 2 aromatic heterocycles. The summed E-state index contributed by atoms with van der Waals surface area (Å²) in [5.74, 6) is 0.856. The van der Waals surface area contributed by atoms with Crippen molar-refractivity contribution in [2.24, 2.45) is 0 Å². The molecule has 1 N–H and O–H groups in total. The number of aromatic hydroxyl groups is 1. The number of rotatable bonds is 6. The van der Waals surface area contributed by atoms with Gasteiger partial charge in [-0.25, -0.2) is 4.98 Å². The van der Waals surface area contributed by atoms with Crippen molar-refractivity contribution in [1.29, 1.82) is 0 Å². The Morgan fingerprint density at radius 1 is 0.463 bits per heavy atom. The summed E-state index contributed by atoms with van der Waals surface area (Å²) in [5.41, 5.74) is 16.0. The van der Waals surface area contributed by atoms with Crippen molar-refractivity contribution >= 4 is 32.7 Å². The topological polar surface area (TPSA) is 50.9 Å². The molecule has 4 nitrogen and oxygen atoms in total. The van der Waals surface area contributed by atoms with Crippen LogP contribution in [0.15, 0.2) is 170 Å². The van der Waals surface area contributed by atoms with E-state index in [0.717, 1.165) is 77.7 Å². The Hall–Kier alpha value is -6.61. The largest absolute Gasteiger partial charge is 0.507 e. The van der Waals surface area contributed by atoms with Crippen LogP contribution in [0.4, 0.5) is 0 Å². The second kappa shape index (κ2) is 17.2. The molecular formula is C62H56N3OPt-. The molecule has 67 heavy (non-hydrogen) atoms. The molecule has 0 spiro atoms. The van der Waals surface area contributed by atoms with Gasteiger partial charge in [-0.2, -0.15) is 0 Å². The van der Waals surface area contributed by atoms with E-state index in [-0.39, 0.29) is 43.1 Å². The summed E-state index contributed by atoms with van der Waals surface area (Å²) >= 11 is 0.